The van der Waals surface area contributed by atoms with Gasteiger partial charge in [-0.1, -0.05) is 42.5 Å². The van der Waals surface area contributed by atoms with Gasteiger partial charge in [0.25, 0.3) is 0 Å². The lowest BCUT2D eigenvalue weighted by molar-refractivity contribution is 0.100. The molecule has 1 atom stereocenters. The highest BCUT2D eigenvalue weighted by Crippen LogP contribution is 2.06. The predicted octanol–water partition coefficient (Wildman–Crippen LogP) is 2.51. The van der Waals surface area contributed by atoms with Gasteiger partial charge in [0.05, 0.1) is 0 Å². The average Bonchev–Trinajstić information content (AvgIpc) is 2.46. The molecule has 0 aliphatic carbocycles. The molecule has 0 heterocycles. The lowest BCUT2D eigenvalue weighted by Crippen LogP contribution is -2.27. The smallest absolute Gasteiger partial charge is 0.248 e. The van der Waals surface area contributed by atoms with Gasteiger partial charge in [-0.15, -0.1) is 0 Å². The van der Waals surface area contributed by atoms with E-state index in [-0.39, 0.29) is 5.91 Å². The summed E-state index contributed by atoms with van der Waals surface area (Å²) in [6.45, 7) is 2.96. The Morgan fingerprint density at radius 1 is 1.05 bits per heavy atom. The van der Waals surface area contributed by atoms with Crippen LogP contribution in [0.3, 0.4) is 0 Å². The van der Waals surface area contributed by atoms with Gasteiger partial charge in [0.1, 0.15) is 0 Å². The van der Waals surface area contributed by atoms with Gasteiger partial charge in [-0.2, -0.15) is 0 Å². The third kappa shape index (κ3) is 4.21. The highest BCUT2D eigenvalue weighted by Gasteiger charge is 2.04. The van der Waals surface area contributed by atoms with E-state index < -0.39 is 0 Å². The van der Waals surface area contributed by atoms with Crippen molar-refractivity contribution in [2.75, 3.05) is 0 Å². The van der Waals surface area contributed by atoms with E-state index in [1.807, 2.05) is 18.2 Å². The number of amides is 1. The van der Waals surface area contributed by atoms with E-state index in [9.17, 15) is 4.79 Å². The van der Waals surface area contributed by atoms with Crippen LogP contribution in [0.15, 0.2) is 54.6 Å². The molecule has 2 aromatic rings. The Kier molecular flexibility index (Phi) is 4.91. The number of hydrogen-bond donors (Lipinski definition) is 2. The third-order valence-corrected chi connectivity index (χ3v) is 3.28. The van der Waals surface area contributed by atoms with Crippen LogP contribution in [-0.4, -0.2) is 11.9 Å². The molecule has 0 bridgehead atoms. The Bertz CT molecular complexity index is 549. The molecular weight excluding hydrogens is 248 g/mol. The number of primary amides is 1. The summed E-state index contributed by atoms with van der Waals surface area (Å²) in [4.78, 5) is 11.0. The van der Waals surface area contributed by atoms with Crippen LogP contribution in [0.1, 0.15) is 28.4 Å². The van der Waals surface area contributed by atoms with Gasteiger partial charge in [-0.25, -0.2) is 0 Å². The van der Waals surface area contributed by atoms with Crippen molar-refractivity contribution in [1.29, 1.82) is 0 Å². The zero-order valence-electron chi connectivity index (χ0n) is 11.7. The second kappa shape index (κ2) is 6.87. The van der Waals surface area contributed by atoms with Crippen molar-refractivity contribution in [1.82, 2.24) is 5.32 Å². The van der Waals surface area contributed by atoms with Crippen molar-refractivity contribution < 1.29 is 4.79 Å². The first-order chi connectivity index (χ1) is 9.65. The quantitative estimate of drug-likeness (QED) is 0.845. The van der Waals surface area contributed by atoms with Crippen LogP contribution in [0.2, 0.25) is 0 Å². The molecule has 104 valence electrons. The van der Waals surface area contributed by atoms with Crippen molar-refractivity contribution in [3.05, 3.63) is 71.3 Å². The van der Waals surface area contributed by atoms with Gasteiger partial charge < -0.3 is 11.1 Å². The molecule has 20 heavy (non-hydrogen) atoms. The van der Waals surface area contributed by atoms with Crippen molar-refractivity contribution in [3.63, 3.8) is 0 Å². The van der Waals surface area contributed by atoms with Crippen molar-refractivity contribution in [2.45, 2.75) is 25.9 Å². The van der Waals surface area contributed by atoms with E-state index in [1.54, 1.807) is 12.1 Å². The van der Waals surface area contributed by atoms with Crippen molar-refractivity contribution in [2.24, 2.45) is 5.73 Å². The Hall–Kier alpha value is -2.13. The first-order valence-electron chi connectivity index (χ1n) is 6.81. The number of benzene rings is 2. The Morgan fingerprint density at radius 2 is 1.70 bits per heavy atom. The van der Waals surface area contributed by atoms with E-state index >= 15 is 0 Å². The molecule has 0 radical (unpaired) electrons. The average molecular weight is 268 g/mol. The minimum atomic E-state index is -0.387. The monoisotopic (exact) mass is 268 g/mol. The summed E-state index contributed by atoms with van der Waals surface area (Å²) >= 11 is 0. The van der Waals surface area contributed by atoms with E-state index in [4.69, 9.17) is 5.73 Å². The molecule has 0 spiro atoms. The highest BCUT2D eigenvalue weighted by molar-refractivity contribution is 5.92. The summed E-state index contributed by atoms with van der Waals surface area (Å²) < 4.78 is 0. The summed E-state index contributed by atoms with van der Waals surface area (Å²) in [7, 11) is 0. The standard InChI is InChI=1S/C17H20N2O/c1-13(11-14-5-3-2-4-6-14)19-12-15-7-9-16(10-8-15)17(18)20/h2-10,13,19H,11-12H2,1H3,(H2,18,20). The van der Waals surface area contributed by atoms with E-state index in [0.29, 0.717) is 11.6 Å². The Labute approximate surface area is 119 Å². The van der Waals surface area contributed by atoms with Crippen LogP contribution in [-0.2, 0) is 13.0 Å². The Balaban J connectivity index is 1.84. The number of nitrogens with two attached hydrogens (primary N) is 1. The maximum atomic E-state index is 11.0. The third-order valence-electron chi connectivity index (χ3n) is 3.28. The van der Waals surface area contributed by atoms with E-state index in [2.05, 4.69) is 36.5 Å². The first-order valence-corrected chi connectivity index (χ1v) is 6.81. The molecule has 1 unspecified atom stereocenters. The fraction of sp³-hybridized carbons (Fsp3) is 0.235. The van der Waals surface area contributed by atoms with Gasteiger partial charge in [0, 0.05) is 18.2 Å². The minimum absolute atomic E-state index is 0.387. The second-order valence-electron chi connectivity index (χ2n) is 5.03. The topological polar surface area (TPSA) is 55.1 Å². The predicted molar refractivity (Wildman–Crippen MR) is 81.4 cm³/mol. The molecule has 0 saturated heterocycles. The highest BCUT2D eigenvalue weighted by atomic mass is 16.1. The maximum absolute atomic E-state index is 11.0. The van der Waals surface area contributed by atoms with E-state index in [1.165, 1.54) is 5.56 Å². The lowest BCUT2D eigenvalue weighted by atomic mass is 10.1. The first kappa shape index (κ1) is 14.3. The zero-order chi connectivity index (χ0) is 14.4. The molecule has 0 fully saturated rings. The van der Waals surface area contributed by atoms with Gasteiger partial charge in [0.2, 0.25) is 5.91 Å². The summed E-state index contributed by atoms with van der Waals surface area (Å²) in [5, 5.41) is 3.48. The molecular formula is C17H20N2O. The number of carbonyl (C=O) groups is 1. The fourth-order valence-electron chi connectivity index (χ4n) is 2.12. The largest absolute Gasteiger partial charge is 0.366 e. The van der Waals surface area contributed by atoms with Gasteiger partial charge in [-0.3, -0.25) is 4.79 Å². The fourth-order valence-corrected chi connectivity index (χ4v) is 2.12. The number of hydrogen-bond acceptors (Lipinski definition) is 2. The summed E-state index contributed by atoms with van der Waals surface area (Å²) in [6, 6.07) is 18.2. The molecule has 1 amide bonds. The number of rotatable bonds is 6. The number of carbonyl (C=O) groups excluding carboxylic acids is 1. The molecule has 2 aromatic carbocycles. The van der Waals surface area contributed by atoms with E-state index in [0.717, 1.165) is 18.5 Å². The minimum Gasteiger partial charge on any atom is -0.366 e. The van der Waals surface area contributed by atoms with Crippen molar-refractivity contribution >= 4 is 5.91 Å². The van der Waals surface area contributed by atoms with Crippen LogP contribution in [0.4, 0.5) is 0 Å². The normalized spacial score (nSPS) is 12.1. The summed E-state index contributed by atoms with van der Waals surface area (Å²) in [5.41, 5.74) is 8.24. The number of nitrogens with one attached hydrogen (secondary N) is 1. The molecule has 0 aliphatic heterocycles. The van der Waals surface area contributed by atoms with Gasteiger partial charge in [0.15, 0.2) is 0 Å². The van der Waals surface area contributed by atoms with Crippen LogP contribution in [0.5, 0.6) is 0 Å². The van der Waals surface area contributed by atoms with Crippen LogP contribution < -0.4 is 11.1 Å². The molecule has 3 nitrogen and oxygen atoms in total. The van der Waals surface area contributed by atoms with Crippen LogP contribution >= 0.6 is 0 Å². The summed E-state index contributed by atoms with van der Waals surface area (Å²) in [5.74, 6) is -0.387. The molecule has 0 aliphatic rings. The Morgan fingerprint density at radius 3 is 2.30 bits per heavy atom. The van der Waals surface area contributed by atoms with Gasteiger partial charge in [-0.05, 0) is 36.6 Å². The molecule has 0 aromatic heterocycles. The maximum Gasteiger partial charge on any atom is 0.248 e. The summed E-state index contributed by atoms with van der Waals surface area (Å²) in [6.07, 6.45) is 1.00. The molecule has 3 heteroatoms. The van der Waals surface area contributed by atoms with Gasteiger partial charge >= 0.3 is 0 Å². The zero-order valence-corrected chi connectivity index (χ0v) is 11.7. The van der Waals surface area contributed by atoms with Crippen molar-refractivity contribution in [3.8, 4) is 0 Å². The molecule has 3 N–H and O–H groups in total. The van der Waals surface area contributed by atoms with Crippen LogP contribution in [0.25, 0.3) is 0 Å². The molecule has 2 rings (SSSR count). The lowest BCUT2D eigenvalue weighted by Gasteiger charge is -2.14. The second-order valence-corrected chi connectivity index (χ2v) is 5.03. The van der Waals surface area contributed by atoms with Crippen LogP contribution in [0, 0.1) is 0 Å². The molecule has 0 saturated carbocycles. The SMILES string of the molecule is CC(Cc1ccccc1)NCc1ccc(C(N)=O)cc1.